The van der Waals surface area contributed by atoms with Crippen LogP contribution in [0.2, 0.25) is 0 Å². The summed E-state index contributed by atoms with van der Waals surface area (Å²) in [6, 6.07) is 0.299. The van der Waals surface area contributed by atoms with Crippen LogP contribution in [0.4, 0.5) is 0 Å². The molecule has 1 aromatic heterocycles. The van der Waals surface area contributed by atoms with E-state index in [4.69, 9.17) is 5.73 Å². The Kier molecular flexibility index (Phi) is 5.49. The highest BCUT2D eigenvalue weighted by molar-refractivity contribution is 5.06. The van der Waals surface area contributed by atoms with Crippen molar-refractivity contribution >= 4 is 0 Å². The Morgan fingerprint density at radius 3 is 2.38 bits per heavy atom. The molecule has 0 bridgehead atoms. The fourth-order valence-electron chi connectivity index (χ4n) is 2.14. The van der Waals surface area contributed by atoms with E-state index in [0.717, 1.165) is 25.9 Å². The number of rotatable bonds is 7. The average molecular weight is 224 g/mol. The van der Waals surface area contributed by atoms with Crippen LogP contribution in [0.1, 0.15) is 38.4 Å². The SMILES string of the molecule is CCCN(CCC)C(CN)c1cncn1C. The van der Waals surface area contributed by atoms with Gasteiger partial charge in [0.05, 0.1) is 18.1 Å². The summed E-state index contributed by atoms with van der Waals surface area (Å²) in [5.74, 6) is 0. The van der Waals surface area contributed by atoms with Crippen molar-refractivity contribution in [3.63, 3.8) is 0 Å². The molecule has 0 aliphatic carbocycles. The summed E-state index contributed by atoms with van der Waals surface area (Å²) in [4.78, 5) is 6.63. The minimum absolute atomic E-state index is 0.299. The van der Waals surface area contributed by atoms with Crippen molar-refractivity contribution < 1.29 is 0 Å². The molecule has 4 nitrogen and oxygen atoms in total. The van der Waals surface area contributed by atoms with Gasteiger partial charge in [0.2, 0.25) is 0 Å². The Hall–Kier alpha value is -0.870. The van der Waals surface area contributed by atoms with E-state index in [-0.39, 0.29) is 0 Å². The number of hydrogen-bond acceptors (Lipinski definition) is 3. The van der Waals surface area contributed by atoms with Gasteiger partial charge in [0.15, 0.2) is 0 Å². The smallest absolute Gasteiger partial charge is 0.0946 e. The summed E-state index contributed by atoms with van der Waals surface area (Å²) < 4.78 is 2.07. The number of aromatic nitrogens is 2. The van der Waals surface area contributed by atoms with Gasteiger partial charge >= 0.3 is 0 Å². The van der Waals surface area contributed by atoms with E-state index >= 15 is 0 Å². The summed E-state index contributed by atoms with van der Waals surface area (Å²) in [7, 11) is 2.03. The molecule has 4 heteroatoms. The van der Waals surface area contributed by atoms with Crippen LogP contribution in [0.25, 0.3) is 0 Å². The molecule has 1 rings (SSSR count). The van der Waals surface area contributed by atoms with Crippen molar-refractivity contribution in [2.45, 2.75) is 32.7 Å². The molecule has 1 heterocycles. The standard InChI is InChI=1S/C12H24N4/c1-4-6-16(7-5-2)11(8-13)12-9-14-10-15(12)3/h9-11H,4-8,13H2,1-3H3. The van der Waals surface area contributed by atoms with E-state index in [1.165, 1.54) is 5.69 Å². The van der Waals surface area contributed by atoms with Crippen molar-refractivity contribution in [1.82, 2.24) is 14.5 Å². The molecular formula is C12H24N4. The summed E-state index contributed by atoms with van der Waals surface area (Å²) in [6.45, 7) is 7.26. The number of imidazole rings is 1. The van der Waals surface area contributed by atoms with E-state index in [1.54, 1.807) is 0 Å². The summed E-state index contributed by atoms with van der Waals surface area (Å²) in [5.41, 5.74) is 7.12. The molecule has 92 valence electrons. The van der Waals surface area contributed by atoms with E-state index in [2.05, 4.69) is 28.3 Å². The largest absolute Gasteiger partial charge is 0.336 e. The fraction of sp³-hybridized carbons (Fsp3) is 0.750. The van der Waals surface area contributed by atoms with Crippen LogP contribution >= 0.6 is 0 Å². The summed E-state index contributed by atoms with van der Waals surface area (Å²) in [5, 5.41) is 0. The first-order valence-electron chi connectivity index (χ1n) is 6.14. The predicted octanol–water partition coefficient (Wildman–Crippen LogP) is 1.54. The van der Waals surface area contributed by atoms with Crippen LogP contribution in [0.3, 0.4) is 0 Å². The molecule has 0 amide bonds. The van der Waals surface area contributed by atoms with E-state index in [9.17, 15) is 0 Å². The highest BCUT2D eigenvalue weighted by Crippen LogP contribution is 2.19. The molecule has 0 saturated heterocycles. The molecule has 0 radical (unpaired) electrons. The zero-order valence-electron chi connectivity index (χ0n) is 10.7. The number of hydrogen-bond donors (Lipinski definition) is 1. The van der Waals surface area contributed by atoms with Crippen LogP contribution < -0.4 is 5.73 Å². The monoisotopic (exact) mass is 224 g/mol. The van der Waals surface area contributed by atoms with Gasteiger partial charge in [0.1, 0.15) is 0 Å². The van der Waals surface area contributed by atoms with Gasteiger partial charge in [-0.25, -0.2) is 4.98 Å². The maximum Gasteiger partial charge on any atom is 0.0946 e. The Labute approximate surface area is 98.5 Å². The minimum atomic E-state index is 0.299. The second-order valence-electron chi connectivity index (χ2n) is 4.22. The highest BCUT2D eigenvalue weighted by Gasteiger charge is 2.19. The second kappa shape index (κ2) is 6.66. The van der Waals surface area contributed by atoms with Crippen LogP contribution in [0.15, 0.2) is 12.5 Å². The second-order valence-corrected chi connectivity index (χ2v) is 4.22. The molecule has 0 fully saturated rings. The first-order chi connectivity index (χ1) is 7.74. The third-order valence-electron chi connectivity index (χ3n) is 2.88. The highest BCUT2D eigenvalue weighted by atomic mass is 15.2. The molecule has 0 aliphatic heterocycles. The zero-order chi connectivity index (χ0) is 12.0. The third-order valence-corrected chi connectivity index (χ3v) is 2.88. The average Bonchev–Trinajstić information content (AvgIpc) is 2.67. The minimum Gasteiger partial charge on any atom is -0.336 e. The zero-order valence-corrected chi connectivity index (χ0v) is 10.7. The first-order valence-corrected chi connectivity index (χ1v) is 6.14. The first kappa shape index (κ1) is 13.2. The number of aryl methyl sites for hydroxylation is 1. The van der Waals surface area contributed by atoms with Crippen LogP contribution in [0.5, 0.6) is 0 Å². The van der Waals surface area contributed by atoms with Gasteiger partial charge in [-0.3, -0.25) is 4.90 Å². The molecule has 0 aromatic carbocycles. The van der Waals surface area contributed by atoms with Crippen LogP contribution in [-0.2, 0) is 7.05 Å². The van der Waals surface area contributed by atoms with Gasteiger partial charge in [-0.2, -0.15) is 0 Å². The quantitative estimate of drug-likeness (QED) is 0.764. The van der Waals surface area contributed by atoms with Crippen LogP contribution in [-0.4, -0.2) is 34.1 Å². The fourth-order valence-corrected chi connectivity index (χ4v) is 2.14. The van der Waals surface area contributed by atoms with E-state index in [1.807, 2.05) is 19.6 Å². The lowest BCUT2D eigenvalue weighted by Gasteiger charge is -2.30. The summed E-state index contributed by atoms with van der Waals surface area (Å²) in [6.07, 6.45) is 6.09. The Bertz CT molecular complexity index is 289. The molecule has 1 aromatic rings. The van der Waals surface area contributed by atoms with Crippen molar-refractivity contribution in [3.8, 4) is 0 Å². The lowest BCUT2D eigenvalue weighted by Crippen LogP contribution is -2.36. The van der Waals surface area contributed by atoms with Gasteiger partial charge < -0.3 is 10.3 Å². The predicted molar refractivity (Wildman–Crippen MR) is 67.2 cm³/mol. The van der Waals surface area contributed by atoms with E-state index < -0.39 is 0 Å². The molecule has 0 spiro atoms. The lowest BCUT2D eigenvalue weighted by atomic mass is 10.1. The van der Waals surface area contributed by atoms with Crippen molar-refractivity contribution in [1.29, 1.82) is 0 Å². The Morgan fingerprint density at radius 1 is 1.38 bits per heavy atom. The van der Waals surface area contributed by atoms with Gasteiger partial charge in [-0.05, 0) is 25.9 Å². The summed E-state index contributed by atoms with van der Waals surface area (Å²) >= 11 is 0. The molecule has 1 unspecified atom stereocenters. The maximum atomic E-state index is 5.91. The molecule has 0 aliphatic rings. The molecule has 16 heavy (non-hydrogen) atoms. The van der Waals surface area contributed by atoms with Crippen LogP contribution in [0, 0.1) is 0 Å². The molecular weight excluding hydrogens is 200 g/mol. The maximum absolute atomic E-state index is 5.91. The normalized spacial score (nSPS) is 13.3. The van der Waals surface area contributed by atoms with Gasteiger partial charge in [-0.1, -0.05) is 13.8 Å². The molecule has 0 saturated carbocycles. The van der Waals surface area contributed by atoms with Crippen molar-refractivity contribution in [2.75, 3.05) is 19.6 Å². The van der Waals surface area contributed by atoms with E-state index in [0.29, 0.717) is 12.6 Å². The Balaban J connectivity index is 2.81. The van der Waals surface area contributed by atoms with Gasteiger partial charge in [0.25, 0.3) is 0 Å². The van der Waals surface area contributed by atoms with Gasteiger partial charge in [0, 0.05) is 19.8 Å². The third kappa shape index (κ3) is 3.06. The number of nitrogens with zero attached hydrogens (tertiary/aromatic N) is 3. The molecule has 1 atom stereocenters. The lowest BCUT2D eigenvalue weighted by molar-refractivity contribution is 0.195. The topological polar surface area (TPSA) is 47.1 Å². The van der Waals surface area contributed by atoms with Crippen molar-refractivity contribution in [3.05, 3.63) is 18.2 Å². The molecule has 2 N–H and O–H groups in total. The van der Waals surface area contributed by atoms with Gasteiger partial charge in [-0.15, -0.1) is 0 Å². The van der Waals surface area contributed by atoms with Crippen molar-refractivity contribution in [2.24, 2.45) is 12.8 Å². The number of nitrogens with two attached hydrogens (primary N) is 1. The Morgan fingerprint density at radius 2 is 2.00 bits per heavy atom.